The third-order valence-corrected chi connectivity index (χ3v) is 3.13. The normalized spacial score (nSPS) is 12.6. The number of aromatic nitrogens is 5. The highest BCUT2D eigenvalue weighted by Crippen LogP contribution is 2.25. The van der Waals surface area contributed by atoms with Crippen molar-refractivity contribution in [3.63, 3.8) is 0 Å². The van der Waals surface area contributed by atoms with Crippen molar-refractivity contribution in [1.29, 1.82) is 0 Å². The van der Waals surface area contributed by atoms with Gasteiger partial charge < -0.3 is 5.11 Å². The van der Waals surface area contributed by atoms with Crippen LogP contribution in [0.3, 0.4) is 0 Å². The maximum absolute atomic E-state index is 11.0. The first-order valence-corrected chi connectivity index (χ1v) is 6.41. The number of hydrogen-bond donors (Lipinski definition) is 1. The van der Waals surface area contributed by atoms with Gasteiger partial charge in [-0.2, -0.15) is 0 Å². The fourth-order valence-corrected chi connectivity index (χ4v) is 1.99. The van der Waals surface area contributed by atoms with E-state index >= 15 is 0 Å². The van der Waals surface area contributed by atoms with Crippen molar-refractivity contribution in [2.24, 2.45) is 5.92 Å². The molecule has 0 bridgehead atoms. The van der Waals surface area contributed by atoms with Crippen LogP contribution < -0.4 is 0 Å². The van der Waals surface area contributed by atoms with Crippen molar-refractivity contribution in [3.8, 4) is 11.4 Å². The molecule has 7 nitrogen and oxygen atoms in total. The molecular formula is C13H17N5O2. The molecule has 0 saturated heterocycles. The van der Waals surface area contributed by atoms with Crippen molar-refractivity contribution in [3.05, 3.63) is 24.0 Å². The number of carbonyl (C=O) groups is 1. The molecule has 0 fully saturated rings. The highest BCUT2D eigenvalue weighted by molar-refractivity contribution is 5.67. The van der Waals surface area contributed by atoms with Gasteiger partial charge in [0.1, 0.15) is 0 Å². The number of aryl methyl sites for hydroxylation is 1. The number of carboxylic acid groups (broad SMARTS) is 1. The summed E-state index contributed by atoms with van der Waals surface area (Å²) in [6, 6.07) is 3.46. The predicted octanol–water partition coefficient (Wildman–Crippen LogP) is 1.72. The molecule has 0 radical (unpaired) electrons. The zero-order valence-electron chi connectivity index (χ0n) is 11.7. The fourth-order valence-electron chi connectivity index (χ4n) is 1.99. The fraction of sp³-hybridized carbons (Fsp3) is 0.462. The minimum absolute atomic E-state index is 0.0189. The van der Waals surface area contributed by atoms with Crippen LogP contribution in [-0.4, -0.2) is 36.3 Å². The Kier molecular flexibility index (Phi) is 4.07. The molecule has 0 aliphatic carbocycles. The van der Waals surface area contributed by atoms with Crippen molar-refractivity contribution in [1.82, 2.24) is 25.2 Å². The second kappa shape index (κ2) is 5.77. The number of tetrazole rings is 1. The van der Waals surface area contributed by atoms with Gasteiger partial charge in [0.15, 0.2) is 5.82 Å². The van der Waals surface area contributed by atoms with Gasteiger partial charge in [0, 0.05) is 17.5 Å². The Morgan fingerprint density at radius 1 is 1.40 bits per heavy atom. The van der Waals surface area contributed by atoms with Gasteiger partial charge in [-0.05, 0) is 35.4 Å². The van der Waals surface area contributed by atoms with Crippen LogP contribution in [0.15, 0.2) is 18.3 Å². The van der Waals surface area contributed by atoms with Crippen LogP contribution in [0.4, 0.5) is 0 Å². The van der Waals surface area contributed by atoms with Gasteiger partial charge in [0.2, 0.25) is 0 Å². The summed E-state index contributed by atoms with van der Waals surface area (Å²) in [5.41, 5.74) is 1.68. The molecule has 0 aliphatic heterocycles. The lowest BCUT2D eigenvalue weighted by Gasteiger charge is -2.20. The molecule has 0 amide bonds. The molecular weight excluding hydrogens is 258 g/mol. The molecule has 0 aromatic carbocycles. The molecule has 2 aromatic heterocycles. The summed E-state index contributed by atoms with van der Waals surface area (Å²) in [7, 11) is 0. The molecule has 7 heteroatoms. The molecule has 2 heterocycles. The van der Waals surface area contributed by atoms with Gasteiger partial charge in [0.05, 0.1) is 12.5 Å². The molecule has 1 atom stereocenters. The molecule has 1 N–H and O–H groups in total. The number of aliphatic carboxylic acids is 1. The Morgan fingerprint density at radius 2 is 2.15 bits per heavy atom. The van der Waals surface area contributed by atoms with E-state index in [0.29, 0.717) is 5.82 Å². The molecule has 2 aromatic rings. The van der Waals surface area contributed by atoms with Crippen molar-refractivity contribution in [2.75, 3.05) is 0 Å². The van der Waals surface area contributed by atoms with E-state index in [1.54, 1.807) is 10.9 Å². The van der Waals surface area contributed by atoms with Crippen LogP contribution in [0.1, 0.15) is 32.0 Å². The van der Waals surface area contributed by atoms with E-state index in [1.165, 1.54) is 0 Å². The standard InChI is InChI=1S/C13H17N5O2/c1-8(2)11(6-12(19)20)18-13(15-16-17-18)10-5-4-9(3)14-7-10/h4-5,7-8,11H,6H2,1-3H3,(H,19,20). The summed E-state index contributed by atoms with van der Waals surface area (Å²) in [5.74, 6) is -0.226. The summed E-state index contributed by atoms with van der Waals surface area (Å²) in [6.07, 6.45) is 1.67. The quantitative estimate of drug-likeness (QED) is 0.892. The third kappa shape index (κ3) is 2.98. The lowest BCUT2D eigenvalue weighted by Crippen LogP contribution is -2.21. The van der Waals surface area contributed by atoms with E-state index in [4.69, 9.17) is 5.11 Å². The van der Waals surface area contributed by atoms with Crippen molar-refractivity contribution >= 4 is 5.97 Å². The van der Waals surface area contributed by atoms with E-state index in [1.807, 2.05) is 32.9 Å². The molecule has 0 saturated carbocycles. The Hall–Kier alpha value is -2.31. The van der Waals surface area contributed by atoms with Gasteiger partial charge in [-0.25, -0.2) is 4.68 Å². The first-order chi connectivity index (χ1) is 9.49. The highest BCUT2D eigenvalue weighted by Gasteiger charge is 2.24. The Balaban J connectivity index is 2.40. The van der Waals surface area contributed by atoms with Crippen LogP contribution in [0.25, 0.3) is 11.4 Å². The van der Waals surface area contributed by atoms with E-state index < -0.39 is 5.97 Å². The molecule has 0 aliphatic rings. The van der Waals surface area contributed by atoms with Gasteiger partial charge in [-0.1, -0.05) is 13.8 Å². The number of hydrogen-bond acceptors (Lipinski definition) is 5. The summed E-state index contributed by atoms with van der Waals surface area (Å²) < 4.78 is 1.57. The maximum atomic E-state index is 11.0. The predicted molar refractivity (Wildman–Crippen MR) is 71.9 cm³/mol. The second-order valence-corrected chi connectivity index (χ2v) is 5.04. The number of nitrogens with zero attached hydrogens (tertiary/aromatic N) is 5. The van der Waals surface area contributed by atoms with E-state index in [-0.39, 0.29) is 18.4 Å². The van der Waals surface area contributed by atoms with Crippen molar-refractivity contribution < 1.29 is 9.90 Å². The second-order valence-electron chi connectivity index (χ2n) is 5.04. The zero-order chi connectivity index (χ0) is 14.7. The summed E-state index contributed by atoms with van der Waals surface area (Å²) in [6.45, 7) is 5.80. The van der Waals surface area contributed by atoms with E-state index in [0.717, 1.165) is 11.3 Å². The number of pyridine rings is 1. The minimum Gasteiger partial charge on any atom is -0.481 e. The lowest BCUT2D eigenvalue weighted by atomic mass is 10.0. The molecule has 20 heavy (non-hydrogen) atoms. The van der Waals surface area contributed by atoms with Crippen LogP contribution >= 0.6 is 0 Å². The van der Waals surface area contributed by atoms with E-state index in [9.17, 15) is 4.79 Å². The topological polar surface area (TPSA) is 93.8 Å². The van der Waals surface area contributed by atoms with Crippen LogP contribution in [-0.2, 0) is 4.79 Å². The monoisotopic (exact) mass is 275 g/mol. The van der Waals surface area contributed by atoms with Crippen molar-refractivity contribution in [2.45, 2.75) is 33.2 Å². The zero-order valence-corrected chi connectivity index (χ0v) is 11.7. The summed E-state index contributed by atoms with van der Waals surface area (Å²) >= 11 is 0. The van der Waals surface area contributed by atoms with E-state index in [2.05, 4.69) is 20.5 Å². The molecule has 106 valence electrons. The third-order valence-electron chi connectivity index (χ3n) is 3.13. The Morgan fingerprint density at radius 3 is 2.70 bits per heavy atom. The molecule has 0 spiro atoms. The average molecular weight is 275 g/mol. The first-order valence-electron chi connectivity index (χ1n) is 6.41. The minimum atomic E-state index is -0.868. The number of rotatable bonds is 5. The smallest absolute Gasteiger partial charge is 0.305 e. The van der Waals surface area contributed by atoms with Gasteiger partial charge in [0.25, 0.3) is 0 Å². The Labute approximate surface area is 116 Å². The summed E-state index contributed by atoms with van der Waals surface area (Å²) in [4.78, 5) is 15.2. The van der Waals surface area contributed by atoms with Gasteiger partial charge >= 0.3 is 5.97 Å². The SMILES string of the molecule is Cc1ccc(-c2nnnn2C(CC(=O)O)C(C)C)cn1. The average Bonchev–Trinajstić information content (AvgIpc) is 2.85. The van der Waals surface area contributed by atoms with Crippen LogP contribution in [0.2, 0.25) is 0 Å². The highest BCUT2D eigenvalue weighted by atomic mass is 16.4. The van der Waals surface area contributed by atoms with Gasteiger partial charge in [-0.3, -0.25) is 9.78 Å². The number of carboxylic acids is 1. The Bertz CT molecular complexity index is 591. The molecule has 1 unspecified atom stereocenters. The van der Waals surface area contributed by atoms with Crippen LogP contribution in [0, 0.1) is 12.8 Å². The lowest BCUT2D eigenvalue weighted by molar-refractivity contribution is -0.138. The summed E-state index contributed by atoms with van der Waals surface area (Å²) in [5, 5.41) is 20.7. The maximum Gasteiger partial charge on any atom is 0.305 e. The van der Waals surface area contributed by atoms with Gasteiger partial charge in [-0.15, -0.1) is 5.10 Å². The first kappa shape index (κ1) is 14.1. The largest absolute Gasteiger partial charge is 0.481 e. The van der Waals surface area contributed by atoms with Crippen LogP contribution in [0.5, 0.6) is 0 Å². The molecule has 2 rings (SSSR count).